The van der Waals surface area contributed by atoms with E-state index in [1.54, 1.807) is 19.1 Å². The van der Waals surface area contributed by atoms with Crippen LogP contribution in [0.5, 0.6) is 0 Å². The Balaban J connectivity index is 1.05. The third-order valence-electron chi connectivity index (χ3n) is 14.0. The number of fused-ring (bicyclic) bond motifs is 5. The number of carbonyl (C=O) groups is 11. The second-order valence-corrected chi connectivity index (χ2v) is 19.7. The second kappa shape index (κ2) is 22.2. The minimum absolute atomic E-state index is 0.00654. The fourth-order valence-corrected chi connectivity index (χ4v) is 11.8. The molecule has 23 heteroatoms. The van der Waals surface area contributed by atoms with Crippen molar-refractivity contribution < 1.29 is 72.4 Å². The van der Waals surface area contributed by atoms with Crippen LogP contribution in [0.4, 0.5) is 4.79 Å². The van der Waals surface area contributed by atoms with Crippen molar-refractivity contribution in [1.29, 1.82) is 0 Å². The normalized spacial score (nSPS) is 29.4. The first-order chi connectivity index (χ1) is 32.0. The van der Waals surface area contributed by atoms with Gasteiger partial charge in [-0.25, -0.2) is 4.79 Å². The van der Waals surface area contributed by atoms with E-state index in [-0.39, 0.29) is 68.0 Å². The number of allylic oxidation sites excluding steroid dienone is 4. The number of Topliss-reactive ketones (excluding diaryl/α,β-unsaturated/α-hetero) is 1. The highest BCUT2D eigenvalue weighted by atomic mass is 35.5. The number of amides is 7. The zero-order valence-corrected chi connectivity index (χ0v) is 39.9. The summed E-state index contributed by atoms with van der Waals surface area (Å²) >= 11 is 8.76. The minimum Gasteiger partial charge on any atom is -0.481 e. The summed E-state index contributed by atoms with van der Waals surface area (Å²) in [6, 6.07) is -1.37. The van der Waals surface area contributed by atoms with Crippen LogP contribution in [-0.2, 0) is 57.4 Å². The number of hydrogen-bond acceptors (Lipinski definition) is 15. The highest BCUT2D eigenvalue weighted by Crippen LogP contribution is 2.72. The molecule has 21 nitrogen and oxygen atoms in total. The summed E-state index contributed by atoms with van der Waals surface area (Å²) in [5.41, 5.74) is -2.83. The molecule has 3 fully saturated rings. The van der Waals surface area contributed by atoms with Crippen LogP contribution in [0, 0.1) is 28.6 Å². The number of hydrogen-bond donors (Lipinski definition) is 7. The topological polar surface area (TPSA) is 310 Å². The molecule has 0 aromatic rings. The van der Waals surface area contributed by atoms with Crippen LogP contribution in [-0.4, -0.2) is 147 Å². The van der Waals surface area contributed by atoms with E-state index < -0.39 is 125 Å². The summed E-state index contributed by atoms with van der Waals surface area (Å²) in [7, 11) is 0. The first-order valence-electron chi connectivity index (χ1n) is 22.4. The standard InChI is InChI=1S/C45H59ClN6O15S/c1-5-39(63)67-45(25(2)18-29-28-7-6-26-19-27(53)12-14-42(26,3)44(28,46)31(54)20-43(29,45)4)32(55)23-66-41(65)47-15-17-68-24-50-34(57)21-49-40(64)30(8-11-38(61)62)51-35(58)22-48-33(56)13-16-52-36(59)9-10-37(52)60/h9-10,12,14,19,25,28-31,54H,5-8,11,13,15-18,20-24H2,1-4H3,(H,47,65)(H,48,56)(H,49,64)(H,50,57)(H,51,58)(H,61,62)/t25-,28+,29+,30+,31+,42+,43+,44+,45+/m1/s1. The molecule has 1 aliphatic heterocycles. The summed E-state index contributed by atoms with van der Waals surface area (Å²) in [5, 5.41) is 33.1. The van der Waals surface area contributed by atoms with Crippen molar-refractivity contribution in [2.75, 3.05) is 44.4 Å². The van der Waals surface area contributed by atoms with Crippen molar-refractivity contribution in [2.45, 2.75) is 102 Å². The number of rotatable bonds is 22. The number of nitrogens with zero attached hydrogens (tertiary/aromatic N) is 1. The molecule has 0 saturated heterocycles. The lowest BCUT2D eigenvalue weighted by Crippen LogP contribution is -2.69. The van der Waals surface area contributed by atoms with Gasteiger partial charge in [-0.05, 0) is 56.1 Å². The van der Waals surface area contributed by atoms with Crippen LogP contribution >= 0.6 is 23.4 Å². The number of esters is 1. The van der Waals surface area contributed by atoms with Gasteiger partial charge in [0.2, 0.25) is 29.4 Å². The number of imide groups is 1. The highest BCUT2D eigenvalue weighted by Gasteiger charge is 2.76. The molecule has 7 N–H and O–H groups in total. The number of carbonyl (C=O) groups excluding carboxylic acids is 10. The smallest absolute Gasteiger partial charge is 0.407 e. The number of carboxylic acids is 1. The fourth-order valence-electron chi connectivity index (χ4n) is 10.6. The number of alkyl carbamates (subject to hydrolysis) is 1. The molecule has 0 aromatic carbocycles. The maximum Gasteiger partial charge on any atom is 0.407 e. The van der Waals surface area contributed by atoms with E-state index >= 15 is 0 Å². The predicted molar refractivity (Wildman–Crippen MR) is 242 cm³/mol. The zero-order chi connectivity index (χ0) is 50.2. The number of nitrogens with one attached hydrogen (secondary N) is 5. The van der Waals surface area contributed by atoms with Gasteiger partial charge in [0.05, 0.1) is 29.9 Å². The molecule has 68 heavy (non-hydrogen) atoms. The van der Waals surface area contributed by atoms with Crippen molar-refractivity contribution in [2.24, 2.45) is 28.6 Å². The number of ether oxygens (including phenoxy) is 2. The average molecular weight is 992 g/mol. The molecule has 0 aromatic heterocycles. The molecule has 372 valence electrons. The van der Waals surface area contributed by atoms with E-state index in [9.17, 15) is 57.8 Å². The second-order valence-electron chi connectivity index (χ2n) is 18.0. The number of ketones is 2. The molecule has 3 saturated carbocycles. The molecule has 5 aliphatic rings. The molecular weight excluding hydrogens is 932 g/mol. The lowest BCUT2D eigenvalue weighted by Gasteiger charge is -2.64. The van der Waals surface area contributed by atoms with Gasteiger partial charge in [-0.15, -0.1) is 23.4 Å². The Labute approximate surface area is 401 Å². The summed E-state index contributed by atoms with van der Waals surface area (Å²) in [5.74, 6) is -7.60. The van der Waals surface area contributed by atoms with Gasteiger partial charge in [0.25, 0.3) is 11.8 Å². The van der Waals surface area contributed by atoms with Gasteiger partial charge in [0.15, 0.2) is 18.0 Å². The van der Waals surface area contributed by atoms with E-state index in [4.69, 9.17) is 26.2 Å². The molecule has 1 heterocycles. The number of thioether (sulfide) groups is 1. The molecule has 9 atom stereocenters. The quantitative estimate of drug-likeness (QED) is 0.0256. The predicted octanol–water partition coefficient (Wildman–Crippen LogP) is 0.564. The largest absolute Gasteiger partial charge is 0.481 e. The molecular formula is C45H59ClN6O15S. The number of aliphatic hydroxyl groups is 1. The number of aliphatic carboxylic acids is 1. The average Bonchev–Trinajstić information content (AvgIpc) is 3.72. The van der Waals surface area contributed by atoms with Crippen molar-refractivity contribution in [3.8, 4) is 0 Å². The number of halogens is 1. The monoisotopic (exact) mass is 990 g/mol. The zero-order valence-electron chi connectivity index (χ0n) is 38.3. The molecule has 0 bridgehead atoms. The van der Waals surface area contributed by atoms with Crippen LogP contribution in [0.1, 0.15) is 79.1 Å². The molecule has 4 aliphatic carbocycles. The third kappa shape index (κ3) is 11.1. The van der Waals surface area contributed by atoms with Crippen molar-refractivity contribution in [3.05, 3.63) is 36.0 Å². The fraction of sp³-hybridized carbons (Fsp3) is 0.622. The van der Waals surface area contributed by atoms with Crippen molar-refractivity contribution >= 4 is 88.4 Å². The Morgan fingerprint density at radius 3 is 2.29 bits per heavy atom. The van der Waals surface area contributed by atoms with Gasteiger partial charge in [0, 0.05) is 67.0 Å². The lowest BCUT2D eigenvalue weighted by atomic mass is 9.45. The first-order valence-corrected chi connectivity index (χ1v) is 24.0. The minimum atomic E-state index is -1.75. The van der Waals surface area contributed by atoms with Gasteiger partial charge in [-0.1, -0.05) is 39.3 Å². The molecule has 7 amide bonds. The van der Waals surface area contributed by atoms with Crippen LogP contribution in [0.15, 0.2) is 36.0 Å². The Kier molecular flexibility index (Phi) is 17.4. The summed E-state index contributed by atoms with van der Waals surface area (Å²) < 4.78 is 11.5. The van der Waals surface area contributed by atoms with Gasteiger partial charge in [-0.3, -0.25) is 52.8 Å². The Morgan fingerprint density at radius 1 is 0.926 bits per heavy atom. The maximum atomic E-state index is 14.4. The van der Waals surface area contributed by atoms with Gasteiger partial charge >= 0.3 is 18.0 Å². The highest BCUT2D eigenvalue weighted by molar-refractivity contribution is 7.99. The van der Waals surface area contributed by atoms with E-state index in [2.05, 4.69) is 26.6 Å². The molecule has 5 rings (SSSR count). The lowest BCUT2D eigenvalue weighted by molar-refractivity contribution is -0.202. The maximum absolute atomic E-state index is 14.4. The van der Waals surface area contributed by atoms with Crippen LogP contribution in [0.2, 0.25) is 0 Å². The first kappa shape index (κ1) is 53.3. The number of carboxylic acid groups (broad SMARTS) is 1. The molecule has 0 unspecified atom stereocenters. The SMILES string of the molecule is CCC(=O)O[C@]1(C(=O)COC(=O)NCCSCNC(=O)CNC(=O)[C@H](CCC(=O)O)NC(=O)CNC(=O)CCN2C(=O)C=CC2=O)[C@H](C)C[C@H]2[C@@H]3CCC4=CC(=O)C=C[C@]4(C)[C@@]3(Cl)[C@@H](O)C[C@@]21C. The number of aliphatic hydroxyl groups excluding tert-OH is 1. The third-order valence-corrected chi connectivity index (χ3v) is 15.8. The summed E-state index contributed by atoms with van der Waals surface area (Å²) in [6.45, 7) is 5.16. The summed E-state index contributed by atoms with van der Waals surface area (Å²) in [4.78, 5) is 137. The van der Waals surface area contributed by atoms with Gasteiger partial charge in [0.1, 0.15) is 6.04 Å². The van der Waals surface area contributed by atoms with Crippen molar-refractivity contribution in [1.82, 2.24) is 31.5 Å². The van der Waals surface area contributed by atoms with E-state index in [1.807, 2.05) is 20.8 Å². The Hall–Kier alpha value is -5.61. The van der Waals surface area contributed by atoms with Gasteiger partial charge < -0.3 is 46.3 Å². The number of alkyl halides is 1. The summed E-state index contributed by atoms with van der Waals surface area (Å²) in [6.07, 6.45) is 5.27. The van der Waals surface area contributed by atoms with Crippen molar-refractivity contribution in [3.63, 3.8) is 0 Å². The van der Waals surface area contributed by atoms with E-state index in [0.29, 0.717) is 19.3 Å². The Morgan fingerprint density at radius 2 is 1.62 bits per heavy atom. The Bertz CT molecular complexity index is 2170. The van der Waals surface area contributed by atoms with E-state index in [0.717, 1.165) is 22.6 Å². The van der Waals surface area contributed by atoms with Gasteiger partial charge in [-0.2, -0.15) is 0 Å². The molecule has 0 radical (unpaired) electrons. The van der Waals surface area contributed by atoms with Crippen LogP contribution in [0.3, 0.4) is 0 Å². The van der Waals surface area contributed by atoms with Crippen LogP contribution in [0.25, 0.3) is 0 Å². The van der Waals surface area contributed by atoms with Crippen LogP contribution < -0.4 is 26.6 Å². The van der Waals surface area contributed by atoms with E-state index in [1.165, 1.54) is 17.8 Å². The molecule has 0 spiro atoms.